The van der Waals surface area contributed by atoms with Crippen LogP contribution in [0, 0.1) is 0 Å². The van der Waals surface area contributed by atoms with Crippen molar-refractivity contribution in [2.45, 2.75) is 64.4 Å². The minimum atomic E-state index is -1.88. The van der Waals surface area contributed by atoms with Gasteiger partial charge in [-0.05, 0) is 55.2 Å². The highest BCUT2D eigenvalue weighted by atomic mass is 28.4. The second-order valence-corrected chi connectivity index (χ2v) is 14.1. The number of hydrogen-bond donors (Lipinski definition) is 4. The van der Waals surface area contributed by atoms with E-state index in [-0.39, 0.29) is 10.9 Å². The van der Waals surface area contributed by atoms with Gasteiger partial charge in [0.25, 0.3) is 0 Å². The summed E-state index contributed by atoms with van der Waals surface area (Å²) in [7, 11) is -1.88. The largest absolute Gasteiger partial charge is 0.409 e. The van der Waals surface area contributed by atoms with E-state index < -0.39 is 20.4 Å². The predicted molar refractivity (Wildman–Crippen MR) is 129 cm³/mol. The zero-order chi connectivity index (χ0) is 23.9. The minimum absolute atomic E-state index is 0.128. The maximum Gasteiger partial charge on any atom is 0.312 e. The average Bonchev–Trinajstić information content (AvgIpc) is 3.17. The first-order chi connectivity index (χ1) is 14.9. The van der Waals surface area contributed by atoms with Crippen LogP contribution in [0.3, 0.4) is 0 Å². The summed E-state index contributed by atoms with van der Waals surface area (Å²) in [4.78, 5) is 27.4. The van der Waals surface area contributed by atoms with E-state index in [0.717, 1.165) is 11.5 Å². The van der Waals surface area contributed by atoms with E-state index in [4.69, 9.17) is 15.9 Å². The first kappa shape index (κ1) is 25.6. The zero-order valence-electron chi connectivity index (χ0n) is 19.6. The molecule has 3 amide bonds. The second-order valence-electron chi connectivity index (χ2n) is 9.34. The summed E-state index contributed by atoms with van der Waals surface area (Å²) >= 11 is 0. The van der Waals surface area contributed by atoms with Gasteiger partial charge >= 0.3 is 6.03 Å². The number of hydrogen-bond acceptors (Lipinski definition) is 5. The fourth-order valence-corrected chi connectivity index (χ4v) is 3.67. The molecule has 1 heterocycles. The number of carbonyl (C=O) groups is 2. The first-order valence-corrected chi connectivity index (χ1v) is 13.7. The molecule has 1 unspecified atom stereocenters. The van der Waals surface area contributed by atoms with Crippen molar-refractivity contribution in [2.75, 3.05) is 11.9 Å². The lowest BCUT2D eigenvalue weighted by atomic mass is 10.1. The summed E-state index contributed by atoms with van der Waals surface area (Å²) in [5.41, 5.74) is 12.5. The van der Waals surface area contributed by atoms with Gasteiger partial charge in [-0.3, -0.25) is 4.79 Å². The highest BCUT2D eigenvalue weighted by Gasteiger charge is 2.37. The number of amides is 3. The molecule has 6 N–H and O–H groups in total. The molecule has 176 valence electrons. The fraction of sp³-hybridized carbons (Fsp3) is 0.500. The standard InChI is InChI=1S/C22H36N6O3Si/c1-22(2,3)32(4,5)31-15-19-25-13-14-28(19)17-10-8-16(9-11-17)27-20(29)18(23)7-6-12-26-21(24)30/h8-11,13-14,18H,6-7,12,15,23H2,1-5H3,(H,27,29)(H3,24,26,30). The van der Waals surface area contributed by atoms with Gasteiger partial charge in [0.2, 0.25) is 5.91 Å². The molecule has 1 atom stereocenters. The third kappa shape index (κ3) is 7.18. The Morgan fingerprint density at radius 3 is 2.47 bits per heavy atom. The Balaban J connectivity index is 1.95. The molecule has 32 heavy (non-hydrogen) atoms. The van der Waals surface area contributed by atoms with Crippen molar-refractivity contribution >= 4 is 25.9 Å². The Kier molecular flexibility index (Phi) is 8.59. The quantitative estimate of drug-likeness (QED) is 0.319. The SMILES string of the molecule is CC(C)(C)[Si](C)(C)OCc1nccn1-c1ccc(NC(=O)C(N)CCCNC(N)=O)cc1. The van der Waals surface area contributed by atoms with Crippen LogP contribution in [0.2, 0.25) is 18.1 Å². The molecule has 2 rings (SSSR count). The normalized spacial score (nSPS) is 12.9. The molecule has 10 heteroatoms. The number of imidazole rings is 1. The molecular weight excluding hydrogens is 424 g/mol. The number of nitrogens with zero attached hydrogens (tertiary/aromatic N) is 2. The maximum atomic E-state index is 12.3. The lowest BCUT2D eigenvalue weighted by Crippen LogP contribution is -2.40. The van der Waals surface area contributed by atoms with Crippen molar-refractivity contribution in [2.24, 2.45) is 11.5 Å². The van der Waals surface area contributed by atoms with Gasteiger partial charge in [0.1, 0.15) is 5.82 Å². The number of rotatable bonds is 10. The van der Waals surface area contributed by atoms with Gasteiger partial charge in [-0.2, -0.15) is 0 Å². The second kappa shape index (κ2) is 10.8. The number of urea groups is 1. The summed E-state index contributed by atoms with van der Waals surface area (Å²) in [6.45, 7) is 11.9. The summed E-state index contributed by atoms with van der Waals surface area (Å²) in [5, 5.41) is 5.42. The van der Waals surface area contributed by atoms with Crippen LogP contribution in [0.1, 0.15) is 39.4 Å². The van der Waals surface area contributed by atoms with Crippen LogP contribution >= 0.6 is 0 Å². The van der Waals surface area contributed by atoms with Crippen LogP contribution in [0.4, 0.5) is 10.5 Å². The van der Waals surface area contributed by atoms with Crippen LogP contribution < -0.4 is 22.1 Å². The predicted octanol–water partition coefficient (Wildman–Crippen LogP) is 3.11. The van der Waals surface area contributed by atoms with Gasteiger partial charge in [0.15, 0.2) is 8.32 Å². The molecule has 2 aromatic rings. The molecule has 0 fully saturated rings. The van der Waals surface area contributed by atoms with E-state index in [1.54, 1.807) is 6.20 Å². The van der Waals surface area contributed by atoms with Crippen LogP contribution in [0.25, 0.3) is 5.69 Å². The number of benzene rings is 1. The average molecular weight is 461 g/mol. The van der Waals surface area contributed by atoms with Crippen LogP contribution in [0.5, 0.6) is 0 Å². The minimum Gasteiger partial charge on any atom is -0.409 e. The molecule has 0 aliphatic carbocycles. The van der Waals surface area contributed by atoms with Crippen molar-refractivity contribution < 1.29 is 14.0 Å². The van der Waals surface area contributed by atoms with Gasteiger partial charge in [-0.15, -0.1) is 0 Å². The number of primary amides is 1. The van der Waals surface area contributed by atoms with Crippen molar-refractivity contribution in [3.63, 3.8) is 0 Å². The van der Waals surface area contributed by atoms with E-state index in [1.807, 2.05) is 35.0 Å². The molecule has 0 spiro atoms. The van der Waals surface area contributed by atoms with E-state index in [1.165, 1.54) is 0 Å². The maximum absolute atomic E-state index is 12.3. The Morgan fingerprint density at radius 2 is 1.88 bits per heavy atom. The molecule has 0 aliphatic heterocycles. The van der Waals surface area contributed by atoms with Gasteiger partial charge in [-0.1, -0.05) is 20.8 Å². The zero-order valence-corrected chi connectivity index (χ0v) is 20.6. The summed E-state index contributed by atoms with van der Waals surface area (Å²) < 4.78 is 8.29. The molecule has 1 aromatic carbocycles. The molecule has 9 nitrogen and oxygen atoms in total. The van der Waals surface area contributed by atoms with Crippen molar-refractivity contribution in [1.29, 1.82) is 0 Å². The molecular formula is C22H36N6O3Si. The van der Waals surface area contributed by atoms with Crippen LogP contribution in [-0.2, 0) is 15.8 Å². The monoisotopic (exact) mass is 460 g/mol. The van der Waals surface area contributed by atoms with E-state index in [2.05, 4.69) is 49.5 Å². The molecule has 0 saturated heterocycles. The van der Waals surface area contributed by atoms with Crippen molar-refractivity contribution in [3.05, 3.63) is 42.5 Å². The first-order valence-electron chi connectivity index (χ1n) is 10.8. The Bertz CT molecular complexity index is 905. The highest BCUT2D eigenvalue weighted by molar-refractivity contribution is 6.74. The van der Waals surface area contributed by atoms with E-state index >= 15 is 0 Å². The Labute approximate surface area is 191 Å². The third-order valence-corrected chi connectivity index (χ3v) is 10.3. The number of anilines is 1. The van der Waals surface area contributed by atoms with Gasteiger partial charge in [-0.25, -0.2) is 9.78 Å². The number of nitrogens with one attached hydrogen (secondary N) is 2. The van der Waals surface area contributed by atoms with Crippen LogP contribution in [-0.4, -0.2) is 42.4 Å². The van der Waals surface area contributed by atoms with Crippen molar-refractivity contribution in [1.82, 2.24) is 14.9 Å². The van der Waals surface area contributed by atoms with Gasteiger partial charge < -0.3 is 31.1 Å². The molecule has 0 radical (unpaired) electrons. The number of carbonyl (C=O) groups excluding carboxylic acids is 2. The molecule has 0 aliphatic rings. The van der Waals surface area contributed by atoms with Gasteiger partial charge in [0.05, 0.1) is 12.6 Å². The smallest absolute Gasteiger partial charge is 0.312 e. The molecule has 1 aromatic heterocycles. The Morgan fingerprint density at radius 1 is 1.22 bits per heavy atom. The lowest BCUT2D eigenvalue weighted by Gasteiger charge is -2.36. The Hall–Kier alpha value is -2.69. The lowest BCUT2D eigenvalue weighted by molar-refractivity contribution is -0.117. The summed E-state index contributed by atoms with van der Waals surface area (Å²) in [6.07, 6.45) is 4.66. The number of aromatic nitrogens is 2. The third-order valence-electron chi connectivity index (χ3n) is 5.83. The highest BCUT2D eigenvalue weighted by Crippen LogP contribution is 2.37. The van der Waals surface area contributed by atoms with Crippen LogP contribution in [0.15, 0.2) is 36.7 Å². The topological polar surface area (TPSA) is 137 Å². The number of nitrogens with two attached hydrogens (primary N) is 2. The molecule has 0 saturated carbocycles. The van der Waals surface area contributed by atoms with Crippen molar-refractivity contribution in [3.8, 4) is 5.69 Å². The molecule has 0 bridgehead atoms. The summed E-state index contributed by atoms with van der Waals surface area (Å²) in [6, 6.07) is 6.22. The fourth-order valence-electron chi connectivity index (χ4n) is 2.74. The van der Waals surface area contributed by atoms with E-state index in [9.17, 15) is 9.59 Å². The van der Waals surface area contributed by atoms with E-state index in [0.29, 0.717) is 31.7 Å². The van der Waals surface area contributed by atoms with Gasteiger partial charge in [0, 0.05) is 30.3 Å². The summed E-state index contributed by atoms with van der Waals surface area (Å²) in [5.74, 6) is 0.557.